The van der Waals surface area contributed by atoms with Crippen LogP contribution in [0, 0.1) is 0 Å². The monoisotopic (exact) mass is 411 g/mol. The molecule has 6 nitrogen and oxygen atoms in total. The van der Waals surface area contributed by atoms with Gasteiger partial charge in [0.1, 0.15) is 0 Å². The first kappa shape index (κ1) is 20.9. The van der Waals surface area contributed by atoms with E-state index in [0.29, 0.717) is 27.1 Å². The average molecular weight is 412 g/mol. The SMILES string of the molecule is COc1ccc(CNC(=O)COC(=O)Cc2ccc(Cl)c(Cl)c2)cc1OC. The van der Waals surface area contributed by atoms with Crippen LogP contribution >= 0.6 is 23.2 Å². The zero-order chi connectivity index (χ0) is 19.8. The fraction of sp³-hybridized carbons (Fsp3) is 0.263. The number of esters is 1. The highest BCUT2D eigenvalue weighted by atomic mass is 35.5. The van der Waals surface area contributed by atoms with Crippen molar-refractivity contribution in [3.63, 3.8) is 0 Å². The van der Waals surface area contributed by atoms with Gasteiger partial charge >= 0.3 is 5.97 Å². The van der Waals surface area contributed by atoms with E-state index in [0.717, 1.165) is 5.56 Å². The molecule has 2 aromatic rings. The van der Waals surface area contributed by atoms with Gasteiger partial charge in [0.05, 0.1) is 30.7 Å². The Hall–Kier alpha value is -2.44. The molecule has 0 aromatic heterocycles. The number of carbonyl (C=O) groups excluding carboxylic acids is 2. The van der Waals surface area contributed by atoms with Crippen molar-refractivity contribution in [3.05, 3.63) is 57.6 Å². The molecule has 0 unspecified atom stereocenters. The fourth-order valence-corrected chi connectivity index (χ4v) is 2.58. The highest BCUT2D eigenvalue weighted by molar-refractivity contribution is 6.42. The van der Waals surface area contributed by atoms with E-state index < -0.39 is 11.9 Å². The second-order valence-electron chi connectivity index (χ2n) is 5.55. The Morgan fingerprint density at radius 2 is 1.63 bits per heavy atom. The number of carbonyl (C=O) groups is 2. The maximum atomic E-state index is 11.9. The third kappa shape index (κ3) is 6.34. The third-order valence-corrected chi connectivity index (χ3v) is 4.37. The molecule has 0 heterocycles. The summed E-state index contributed by atoms with van der Waals surface area (Å²) in [6, 6.07) is 10.2. The zero-order valence-electron chi connectivity index (χ0n) is 14.9. The minimum Gasteiger partial charge on any atom is -0.493 e. The summed E-state index contributed by atoms with van der Waals surface area (Å²) in [7, 11) is 3.08. The molecule has 27 heavy (non-hydrogen) atoms. The van der Waals surface area contributed by atoms with Crippen LogP contribution in [0.4, 0.5) is 0 Å². The molecule has 8 heteroatoms. The Morgan fingerprint density at radius 3 is 2.30 bits per heavy atom. The van der Waals surface area contributed by atoms with E-state index in [4.69, 9.17) is 37.4 Å². The number of amides is 1. The second kappa shape index (κ2) is 10.0. The Morgan fingerprint density at radius 1 is 0.926 bits per heavy atom. The first-order valence-corrected chi connectivity index (χ1v) is 8.75. The summed E-state index contributed by atoms with van der Waals surface area (Å²) in [5.41, 5.74) is 1.48. The van der Waals surface area contributed by atoms with Gasteiger partial charge in [0.2, 0.25) is 0 Å². The smallest absolute Gasteiger partial charge is 0.310 e. The lowest BCUT2D eigenvalue weighted by atomic mass is 10.1. The van der Waals surface area contributed by atoms with Crippen LogP contribution in [-0.4, -0.2) is 32.7 Å². The average Bonchev–Trinajstić information content (AvgIpc) is 2.67. The van der Waals surface area contributed by atoms with Gasteiger partial charge in [-0.25, -0.2) is 0 Å². The Labute approximate surface area is 167 Å². The normalized spacial score (nSPS) is 10.2. The lowest BCUT2D eigenvalue weighted by molar-refractivity contribution is -0.147. The van der Waals surface area contributed by atoms with Crippen LogP contribution in [0.25, 0.3) is 0 Å². The summed E-state index contributed by atoms with van der Waals surface area (Å²) < 4.78 is 15.3. The van der Waals surface area contributed by atoms with E-state index in [2.05, 4.69) is 5.32 Å². The number of rotatable bonds is 8. The van der Waals surface area contributed by atoms with Gasteiger partial charge in [-0.1, -0.05) is 35.3 Å². The van der Waals surface area contributed by atoms with E-state index in [-0.39, 0.29) is 19.6 Å². The first-order chi connectivity index (χ1) is 12.9. The van der Waals surface area contributed by atoms with Gasteiger partial charge in [0.15, 0.2) is 18.1 Å². The van der Waals surface area contributed by atoms with Gasteiger partial charge in [-0.05, 0) is 35.4 Å². The Bertz CT molecular complexity index is 826. The molecule has 0 saturated heterocycles. The molecular weight excluding hydrogens is 393 g/mol. The number of nitrogens with one attached hydrogen (secondary N) is 1. The number of benzene rings is 2. The molecule has 144 valence electrons. The van der Waals surface area contributed by atoms with Crippen LogP contribution in [0.5, 0.6) is 11.5 Å². The van der Waals surface area contributed by atoms with Crippen LogP contribution in [0.15, 0.2) is 36.4 Å². The molecule has 1 N–H and O–H groups in total. The Kier molecular flexibility index (Phi) is 7.76. The van der Waals surface area contributed by atoms with Gasteiger partial charge < -0.3 is 19.5 Å². The van der Waals surface area contributed by atoms with Crippen LogP contribution < -0.4 is 14.8 Å². The van der Waals surface area contributed by atoms with E-state index in [1.54, 1.807) is 43.5 Å². The summed E-state index contributed by atoms with van der Waals surface area (Å²) >= 11 is 11.7. The molecular formula is C19H19Cl2NO5. The highest BCUT2D eigenvalue weighted by Crippen LogP contribution is 2.27. The van der Waals surface area contributed by atoms with Crippen LogP contribution in [0.1, 0.15) is 11.1 Å². The predicted octanol–water partition coefficient (Wildman–Crippen LogP) is 3.41. The molecule has 0 atom stereocenters. The molecule has 1 amide bonds. The number of halogens is 2. The maximum Gasteiger partial charge on any atom is 0.310 e. The Balaban J connectivity index is 1.78. The van der Waals surface area contributed by atoms with Crippen LogP contribution in [0.2, 0.25) is 10.0 Å². The van der Waals surface area contributed by atoms with E-state index in [9.17, 15) is 9.59 Å². The summed E-state index contributed by atoms with van der Waals surface area (Å²) in [6.45, 7) is -0.100. The largest absolute Gasteiger partial charge is 0.493 e. The molecule has 0 aliphatic rings. The first-order valence-electron chi connectivity index (χ1n) is 8.00. The molecule has 0 saturated carbocycles. The van der Waals surface area contributed by atoms with Crippen molar-refractivity contribution in [3.8, 4) is 11.5 Å². The van der Waals surface area contributed by atoms with E-state index in [1.807, 2.05) is 0 Å². The molecule has 2 aromatic carbocycles. The molecule has 0 radical (unpaired) electrons. The lowest BCUT2D eigenvalue weighted by Crippen LogP contribution is -2.28. The van der Waals surface area contributed by atoms with E-state index >= 15 is 0 Å². The quantitative estimate of drug-likeness (QED) is 0.673. The van der Waals surface area contributed by atoms with Crippen LogP contribution in [-0.2, 0) is 27.3 Å². The van der Waals surface area contributed by atoms with Crippen LogP contribution in [0.3, 0.4) is 0 Å². The number of methoxy groups -OCH3 is 2. The van der Waals surface area contributed by atoms with Crippen molar-refractivity contribution in [1.29, 1.82) is 0 Å². The number of hydrogen-bond donors (Lipinski definition) is 1. The molecule has 2 rings (SSSR count). The summed E-state index contributed by atoms with van der Waals surface area (Å²) in [5, 5.41) is 3.43. The molecule has 0 bridgehead atoms. The van der Waals surface area contributed by atoms with Crippen molar-refractivity contribution in [2.75, 3.05) is 20.8 Å². The van der Waals surface area contributed by atoms with Crippen molar-refractivity contribution >= 4 is 35.1 Å². The van der Waals surface area contributed by atoms with Crippen molar-refractivity contribution in [1.82, 2.24) is 5.32 Å². The second-order valence-corrected chi connectivity index (χ2v) is 6.37. The fourth-order valence-electron chi connectivity index (χ4n) is 2.26. The topological polar surface area (TPSA) is 73.9 Å². The highest BCUT2D eigenvalue weighted by Gasteiger charge is 2.10. The minimum atomic E-state index is -0.533. The van der Waals surface area contributed by atoms with Gasteiger partial charge in [-0.15, -0.1) is 0 Å². The summed E-state index contributed by atoms with van der Waals surface area (Å²) in [6.07, 6.45) is -0.000151. The predicted molar refractivity (Wildman–Crippen MR) is 103 cm³/mol. The number of ether oxygens (including phenoxy) is 3. The molecule has 0 fully saturated rings. The molecule has 0 spiro atoms. The van der Waals surface area contributed by atoms with Gasteiger partial charge in [0, 0.05) is 6.54 Å². The lowest BCUT2D eigenvalue weighted by Gasteiger charge is -2.10. The molecule has 0 aliphatic carbocycles. The van der Waals surface area contributed by atoms with E-state index in [1.165, 1.54) is 7.11 Å². The third-order valence-electron chi connectivity index (χ3n) is 3.63. The van der Waals surface area contributed by atoms with Crippen molar-refractivity contribution in [2.24, 2.45) is 0 Å². The summed E-state index contributed by atoms with van der Waals surface area (Å²) in [4.78, 5) is 23.7. The zero-order valence-corrected chi connectivity index (χ0v) is 16.4. The van der Waals surface area contributed by atoms with Crippen molar-refractivity contribution in [2.45, 2.75) is 13.0 Å². The van der Waals surface area contributed by atoms with Gasteiger partial charge in [0.25, 0.3) is 5.91 Å². The minimum absolute atomic E-state index is 0.000151. The molecule has 0 aliphatic heterocycles. The summed E-state index contributed by atoms with van der Waals surface area (Å²) in [5.74, 6) is 0.225. The van der Waals surface area contributed by atoms with Crippen molar-refractivity contribution < 1.29 is 23.8 Å². The maximum absolute atomic E-state index is 11.9. The van der Waals surface area contributed by atoms with Gasteiger partial charge in [-0.2, -0.15) is 0 Å². The number of hydrogen-bond acceptors (Lipinski definition) is 5. The van der Waals surface area contributed by atoms with Gasteiger partial charge in [-0.3, -0.25) is 9.59 Å². The standard InChI is InChI=1S/C19H19Cl2NO5/c1-25-16-6-4-13(8-17(16)26-2)10-22-18(23)11-27-19(24)9-12-3-5-14(20)15(21)7-12/h3-8H,9-11H2,1-2H3,(H,22,23).